The number of furan rings is 1. The largest absolute Gasteiger partial charge is 0.469 e. The zero-order chi connectivity index (χ0) is 20.8. The fourth-order valence-corrected chi connectivity index (χ4v) is 4.58. The molecule has 5 heteroatoms. The molecule has 0 saturated heterocycles. The van der Waals surface area contributed by atoms with E-state index in [1.54, 1.807) is 0 Å². The Balaban J connectivity index is 1.60. The third kappa shape index (κ3) is 3.08. The highest BCUT2D eigenvalue weighted by molar-refractivity contribution is 6.73. The van der Waals surface area contributed by atoms with E-state index in [9.17, 15) is 0 Å². The molecular weight excluding hydrogens is 403 g/mol. The maximum atomic E-state index is 6.63. The second kappa shape index (κ2) is 7.26. The fourth-order valence-electron chi connectivity index (χ4n) is 4.37. The molecule has 0 bridgehead atoms. The van der Waals surface area contributed by atoms with Crippen LogP contribution in [-0.2, 0) is 0 Å². The number of halogens is 1. The summed E-state index contributed by atoms with van der Waals surface area (Å²) in [5, 5.41) is 5.35. The van der Waals surface area contributed by atoms with Crippen molar-refractivity contribution in [1.82, 2.24) is 0 Å². The smallest absolute Gasteiger partial charge is 0.246 e. The number of hydrogen-bond donors (Lipinski definition) is 1. The zero-order valence-electron chi connectivity index (χ0n) is 16.7. The molecule has 0 fully saturated rings. The first-order chi connectivity index (χ1) is 15.3. The van der Waals surface area contributed by atoms with E-state index in [0.29, 0.717) is 12.3 Å². The Morgan fingerprint density at radius 1 is 0.806 bits per heavy atom. The summed E-state index contributed by atoms with van der Waals surface area (Å²) < 4.78 is 6.33. The quantitative estimate of drug-likeness (QED) is 0.356. The third-order valence-corrected chi connectivity index (χ3v) is 5.92. The first kappa shape index (κ1) is 18.2. The van der Waals surface area contributed by atoms with E-state index in [2.05, 4.69) is 58.7 Å². The summed E-state index contributed by atoms with van der Waals surface area (Å²) in [6, 6.07) is 32.8. The number of fused-ring (bicyclic) bond motifs is 4. The van der Waals surface area contributed by atoms with Crippen LogP contribution in [0.5, 0.6) is 0 Å². The van der Waals surface area contributed by atoms with Gasteiger partial charge in [-0.15, -0.1) is 0 Å². The Morgan fingerprint density at radius 3 is 2.32 bits per heavy atom. The average Bonchev–Trinajstić information content (AvgIpc) is 3.17. The number of nitrogens with zero attached hydrogens (tertiary/aromatic N) is 1. The Hall–Kier alpha value is -3.63. The Kier molecular flexibility index (Phi) is 4.25. The van der Waals surface area contributed by atoms with Crippen LogP contribution in [0.2, 0.25) is 5.02 Å². The van der Waals surface area contributed by atoms with Crippen molar-refractivity contribution in [3.8, 4) is 0 Å². The summed E-state index contributed by atoms with van der Waals surface area (Å²) in [6.07, 6.45) is 0. The van der Waals surface area contributed by atoms with E-state index in [0.717, 1.165) is 50.5 Å². The van der Waals surface area contributed by atoms with Gasteiger partial charge >= 0.3 is 0 Å². The SMILES string of the molecule is Clc1cc(Nc2ccccc2)c2c(c1)N(c1ccccc1)c1c(oc3ccccc13)B2. The second-order valence-electron chi connectivity index (χ2n) is 7.66. The molecule has 0 aliphatic carbocycles. The predicted molar refractivity (Wildman–Crippen MR) is 132 cm³/mol. The molecule has 0 radical (unpaired) electrons. The molecule has 0 amide bonds. The summed E-state index contributed by atoms with van der Waals surface area (Å²) in [7, 11) is 0.690. The molecule has 2 heterocycles. The van der Waals surface area contributed by atoms with Gasteiger partial charge in [0.15, 0.2) is 0 Å². The average molecular weight is 421 g/mol. The molecule has 1 aliphatic heterocycles. The highest BCUT2D eigenvalue weighted by Crippen LogP contribution is 2.41. The topological polar surface area (TPSA) is 28.4 Å². The van der Waals surface area contributed by atoms with Gasteiger partial charge in [-0.25, -0.2) is 0 Å². The number of hydrogen-bond acceptors (Lipinski definition) is 3. The van der Waals surface area contributed by atoms with Crippen LogP contribution in [0.4, 0.5) is 28.4 Å². The van der Waals surface area contributed by atoms with Gasteiger partial charge in [-0.1, -0.05) is 60.1 Å². The lowest BCUT2D eigenvalue weighted by Gasteiger charge is -2.32. The first-order valence-electron chi connectivity index (χ1n) is 10.3. The van der Waals surface area contributed by atoms with E-state index >= 15 is 0 Å². The van der Waals surface area contributed by atoms with Gasteiger partial charge in [0.05, 0.1) is 11.3 Å². The maximum absolute atomic E-state index is 6.63. The molecule has 0 spiro atoms. The van der Waals surface area contributed by atoms with Crippen LogP contribution in [0.3, 0.4) is 0 Å². The van der Waals surface area contributed by atoms with Crippen molar-refractivity contribution in [3.05, 3.63) is 102 Å². The molecule has 0 unspecified atom stereocenters. The first-order valence-corrected chi connectivity index (χ1v) is 10.7. The lowest BCUT2D eigenvalue weighted by Crippen LogP contribution is -2.40. The van der Waals surface area contributed by atoms with Crippen molar-refractivity contribution in [2.24, 2.45) is 0 Å². The summed E-state index contributed by atoms with van der Waals surface area (Å²) in [4.78, 5) is 2.27. The standard InChI is InChI=1S/C26H18BClN2O/c28-17-15-21(29-18-9-3-1-4-10-18)24-22(16-17)30(19-11-5-2-6-12-19)25-20-13-7-8-14-23(20)31-26(25)27-24/h1-16,27,29H. The number of rotatable bonds is 3. The Bertz CT molecular complexity index is 1400. The molecule has 6 rings (SSSR count). The minimum absolute atomic E-state index is 0.689. The van der Waals surface area contributed by atoms with Gasteiger partial charge in [0.25, 0.3) is 0 Å². The van der Waals surface area contributed by atoms with E-state index in [1.165, 1.54) is 0 Å². The van der Waals surface area contributed by atoms with Crippen LogP contribution in [0.25, 0.3) is 11.0 Å². The van der Waals surface area contributed by atoms with E-state index in [4.69, 9.17) is 16.0 Å². The number of para-hydroxylation sites is 3. The second-order valence-corrected chi connectivity index (χ2v) is 8.10. The van der Waals surface area contributed by atoms with Crippen molar-refractivity contribution in [2.75, 3.05) is 10.2 Å². The van der Waals surface area contributed by atoms with Crippen LogP contribution >= 0.6 is 11.6 Å². The van der Waals surface area contributed by atoms with Gasteiger partial charge in [0, 0.05) is 33.2 Å². The molecule has 31 heavy (non-hydrogen) atoms. The van der Waals surface area contributed by atoms with E-state index < -0.39 is 0 Å². The van der Waals surface area contributed by atoms with Crippen molar-refractivity contribution < 1.29 is 4.42 Å². The lowest BCUT2D eigenvalue weighted by atomic mass is 9.63. The van der Waals surface area contributed by atoms with Crippen LogP contribution in [0.1, 0.15) is 0 Å². The zero-order valence-corrected chi connectivity index (χ0v) is 17.4. The lowest BCUT2D eigenvalue weighted by molar-refractivity contribution is 0.652. The van der Waals surface area contributed by atoms with Gasteiger partial charge < -0.3 is 14.6 Å². The number of benzene rings is 4. The van der Waals surface area contributed by atoms with Crippen molar-refractivity contribution in [2.45, 2.75) is 0 Å². The summed E-state index contributed by atoms with van der Waals surface area (Å²) in [5.74, 6) is 0. The maximum Gasteiger partial charge on any atom is 0.246 e. The van der Waals surface area contributed by atoms with Gasteiger partial charge in [-0.05, 0) is 54.0 Å². The highest BCUT2D eigenvalue weighted by Gasteiger charge is 2.32. The van der Waals surface area contributed by atoms with Gasteiger partial charge in [-0.3, -0.25) is 0 Å². The van der Waals surface area contributed by atoms with Crippen LogP contribution < -0.4 is 21.3 Å². The normalized spacial score (nSPS) is 12.2. The Labute approximate surface area is 186 Å². The van der Waals surface area contributed by atoms with E-state index in [1.807, 2.05) is 48.5 Å². The summed E-state index contributed by atoms with van der Waals surface area (Å²) in [6.45, 7) is 0. The number of nitrogens with one attached hydrogen (secondary N) is 1. The molecule has 5 aromatic rings. The van der Waals surface area contributed by atoms with Crippen molar-refractivity contribution >= 4 is 69.4 Å². The van der Waals surface area contributed by atoms with Crippen molar-refractivity contribution in [1.29, 1.82) is 0 Å². The van der Waals surface area contributed by atoms with Crippen LogP contribution in [0, 0.1) is 0 Å². The predicted octanol–water partition coefficient (Wildman–Crippen LogP) is 6.00. The molecule has 0 atom stereocenters. The number of anilines is 5. The molecule has 1 N–H and O–H groups in total. The molecule has 1 aromatic heterocycles. The molecule has 0 saturated carbocycles. The fraction of sp³-hybridized carbons (Fsp3) is 0. The van der Waals surface area contributed by atoms with Crippen LogP contribution in [0.15, 0.2) is 101 Å². The van der Waals surface area contributed by atoms with Crippen LogP contribution in [-0.4, -0.2) is 7.28 Å². The molecular formula is C26H18BClN2O. The molecule has 4 aromatic carbocycles. The minimum atomic E-state index is 0.689. The minimum Gasteiger partial charge on any atom is -0.469 e. The molecule has 148 valence electrons. The van der Waals surface area contributed by atoms with Gasteiger partial charge in [0.2, 0.25) is 7.28 Å². The van der Waals surface area contributed by atoms with Gasteiger partial charge in [0.1, 0.15) is 5.58 Å². The monoisotopic (exact) mass is 420 g/mol. The van der Waals surface area contributed by atoms with Crippen molar-refractivity contribution in [3.63, 3.8) is 0 Å². The van der Waals surface area contributed by atoms with Gasteiger partial charge in [-0.2, -0.15) is 0 Å². The van der Waals surface area contributed by atoms with E-state index in [-0.39, 0.29) is 0 Å². The molecule has 1 aliphatic rings. The molecule has 3 nitrogen and oxygen atoms in total. The summed E-state index contributed by atoms with van der Waals surface area (Å²) in [5.41, 5.74) is 8.24. The highest BCUT2D eigenvalue weighted by atomic mass is 35.5. The third-order valence-electron chi connectivity index (χ3n) is 5.70. The summed E-state index contributed by atoms with van der Waals surface area (Å²) >= 11 is 6.63. The Morgan fingerprint density at radius 2 is 1.52 bits per heavy atom.